The number of nitrogens with zero attached hydrogens (tertiary/aromatic N) is 2. The largest absolute Gasteiger partial charge is 0.466 e. The highest BCUT2D eigenvalue weighted by Gasteiger charge is 2.28. The quantitative estimate of drug-likeness (QED) is 0.579. The first-order chi connectivity index (χ1) is 16.5. The molecule has 0 spiro atoms. The fraction of sp³-hybridized carbons (Fsp3) is 0.600. The second-order valence-electron chi connectivity index (χ2n) is 9.10. The number of pyridine rings is 1. The molecular weight excluding hydrogens is 454 g/mol. The Hall–Kier alpha value is -2.52. The third-order valence-electron chi connectivity index (χ3n) is 6.72. The van der Waals surface area contributed by atoms with E-state index in [-0.39, 0.29) is 23.7 Å². The number of likely N-dealkylation sites (tertiary alicyclic amines) is 1. The first-order valence-corrected chi connectivity index (χ1v) is 13.0. The summed E-state index contributed by atoms with van der Waals surface area (Å²) in [5, 5.41) is 3.77. The van der Waals surface area contributed by atoms with Gasteiger partial charge >= 0.3 is 11.9 Å². The summed E-state index contributed by atoms with van der Waals surface area (Å²) in [7, 11) is 1.34. The predicted octanol–water partition coefficient (Wildman–Crippen LogP) is 4.38. The molecule has 1 saturated carbocycles. The molecule has 1 saturated heterocycles. The Kier molecular flexibility index (Phi) is 8.15. The summed E-state index contributed by atoms with van der Waals surface area (Å²) in [5.41, 5.74) is 1.36. The Morgan fingerprint density at radius 3 is 2.62 bits per heavy atom. The molecule has 34 heavy (non-hydrogen) atoms. The van der Waals surface area contributed by atoms with E-state index in [0.717, 1.165) is 56.1 Å². The highest BCUT2D eigenvalue weighted by atomic mass is 32.1. The van der Waals surface area contributed by atoms with Gasteiger partial charge in [-0.15, -0.1) is 11.3 Å². The highest BCUT2D eigenvalue weighted by Crippen LogP contribution is 2.37. The number of ether oxygens (including phenoxy) is 2. The van der Waals surface area contributed by atoms with Gasteiger partial charge in [-0.05, 0) is 51.3 Å². The number of thiophene rings is 1. The summed E-state index contributed by atoms with van der Waals surface area (Å²) in [6, 6.07) is 3.85. The van der Waals surface area contributed by atoms with Crippen molar-refractivity contribution in [2.45, 2.75) is 58.4 Å². The van der Waals surface area contributed by atoms with Gasteiger partial charge in [0.15, 0.2) is 0 Å². The van der Waals surface area contributed by atoms with E-state index in [4.69, 9.17) is 14.5 Å². The second kappa shape index (κ2) is 11.3. The van der Waals surface area contributed by atoms with Crippen LogP contribution in [0.4, 0.5) is 5.69 Å². The van der Waals surface area contributed by atoms with E-state index < -0.39 is 5.97 Å². The highest BCUT2D eigenvalue weighted by molar-refractivity contribution is 7.21. The van der Waals surface area contributed by atoms with Gasteiger partial charge in [0.2, 0.25) is 5.91 Å². The molecule has 8 nitrogen and oxygen atoms in total. The molecule has 1 amide bonds. The Bertz CT molecular complexity index is 1050. The van der Waals surface area contributed by atoms with E-state index in [1.165, 1.54) is 24.9 Å². The Morgan fingerprint density at radius 2 is 1.88 bits per heavy atom. The zero-order valence-corrected chi connectivity index (χ0v) is 20.7. The van der Waals surface area contributed by atoms with Crippen LogP contribution in [0.15, 0.2) is 12.1 Å². The maximum Gasteiger partial charge on any atom is 0.350 e. The van der Waals surface area contributed by atoms with Gasteiger partial charge < -0.3 is 14.8 Å². The van der Waals surface area contributed by atoms with E-state index >= 15 is 0 Å². The van der Waals surface area contributed by atoms with E-state index in [9.17, 15) is 14.4 Å². The van der Waals surface area contributed by atoms with Gasteiger partial charge in [0.25, 0.3) is 0 Å². The molecule has 0 radical (unpaired) electrons. The molecule has 2 aromatic heterocycles. The van der Waals surface area contributed by atoms with E-state index in [1.54, 1.807) is 0 Å². The normalized spacial score (nSPS) is 19.6. The fourth-order valence-electron chi connectivity index (χ4n) is 4.94. The smallest absolute Gasteiger partial charge is 0.350 e. The molecule has 1 aliphatic heterocycles. The van der Waals surface area contributed by atoms with Crippen LogP contribution in [0.2, 0.25) is 0 Å². The van der Waals surface area contributed by atoms with Crippen molar-refractivity contribution in [2.24, 2.45) is 11.8 Å². The van der Waals surface area contributed by atoms with Crippen molar-refractivity contribution in [2.75, 3.05) is 32.1 Å². The maximum atomic E-state index is 12.9. The molecule has 2 fully saturated rings. The molecule has 2 aromatic rings. The third kappa shape index (κ3) is 5.58. The summed E-state index contributed by atoms with van der Waals surface area (Å²) in [4.78, 5) is 45.6. The number of aromatic nitrogens is 1. The summed E-state index contributed by atoms with van der Waals surface area (Å²) >= 11 is 1.24. The molecule has 1 N–H and O–H groups in total. The number of hydrogen-bond acceptors (Lipinski definition) is 8. The number of hydrogen-bond donors (Lipinski definition) is 1. The zero-order valence-electron chi connectivity index (χ0n) is 19.9. The van der Waals surface area contributed by atoms with E-state index in [2.05, 4.69) is 10.2 Å². The number of anilines is 1. The van der Waals surface area contributed by atoms with Crippen LogP contribution in [0.5, 0.6) is 0 Å². The van der Waals surface area contributed by atoms with Crippen LogP contribution in [0, 0.1) is 11.8 Å². The Morgan fingerprint density at radius 1 is 1.12 bits per heavy atom. The monoisotopic (exact) mass is 487 g/mol. The van der Waals surface area contributed by atoms with E-state index in [1.807, 2.05) is 19.1 Å². The van der Waals surface area contributed by atoms with Crippen molar-refractivity contribution >= 4 is 45.1 Å². The lowest BCUT2D eigenvalue weighted by atomic mass is 9.88. The van der Waals surface area contributed by atoms with Crippen LogP contribution in [0.3, 0.4) is 0 Å². The molecule has 184 valence electrons. The lowest BCUT2D eigenvalue weighted by Gasteiger charge is -2.31. The standard InChI is InChI=1S/C25H33N3O5S/c1-3-33-24(30)17-10-7-13-28(14-17)15-18-11-12-19-20(21(25(31)32-2)34-23(19)26-18)27-22(29)16-8-5-4-6-9-16/h11-12,16-17H,3-10,13-15H2,1-2H3,(H,27,29). The first kappa shape index (κ1) is 24.6. The third-order valence-corrected chi connectivity index (χ3v) is 7.80. The summed E-state index contributed by atoms with van der Waals surface area (Å²) in [5.74, 6) is -0.765. The average molecular weight is 488 g/mol. The number of fused-ring (bicyclic) bond motifs is 1. The van der Waals surface area contributed by atoms with Gasteiger partial charge in [0.1, 0.15) is 9.71 Å². The van der Waals surface area contributed by atoms with Crippen molar-refractivity contribution in [3.8, 4) is 0 Å². The molecule has 0 aromatic carbocycles. The molecule has 1 atom stereocenters. The number of amides is 1. The van der Waals surface area contributed by atoms with Crippen LogP contribution >= 0.6 is 11.3 Å². The molecule has 0 bridgehead atoms. The van der Waals surface area contributed by atoms with Gasteiger partial charge in [-0.1, -0.05) is 19.3 Å². The number of piperidine rings is 1. The summed E-state index contributed by atoms with van der Waals surface area (Å²) in [6.07, 6.45) is 6.84. The number of esters is 2. The van der Waals surface area contributed by atoms with Gasteiger partial charge in [-0.3, -0.25) is 14.5 Å². The van der Waals surface area contributed by atoms with Crippen molar-refractivity contribution in [1.29, 1.82) is 0 Å². The Balaban J connectivity index is 1.53. The van der Waals surface area contributed by atoms with Crippen LogP contribution in [-0.4, -0.2) is 54.5 Å². The lowest BCUT2D eigenvalue weighted by Crippen LogP contribution is -2.39. The molecule has 2 aliphatic rings. The minimum Gasteiger partial charge on any atom is -0.466 e. The first-order valence-electron chi connectivity index (χ1n) is 12.2. The zero-order chi connectivity index (χ0) is 24.1. The van der Waals surface area contributed by atoms with Crippen molar-refractivity contribution in [3.63, 3.8) is 0 Å². The van der Waals surface area contributed by atoms with Crippen molar-refractivity contribution < 1.29 is 23.9 Å². The van der Waals surface area contributed by atoms with Crippen LogP contribution in [0.25, 0.3) is 10.2 Å². The van der Waals surface area contributed by atoms with Gasteiger partial charge in [0.05, 0.1) is 31.0 Å². The topological polar surface area (TPSA) is 97.8 Å². The summed E-state index contributed by atoms with van der Waals surface area (Å²) in [6.45, 7) is 4.39. The van der Waals surface area contributed by atoms with Crippen LogP contribution in [0.1, 0.15) is 67.2 Å². The minimum atomic E-state index is -0.475. The number of carbonyl (C=O) groups is 3. The lowest BCUT2D eigenvalue weighted by molar-refractivity contribution is -0.150. The van der Waals surface area contributed by atoms with Gasteiger partial charge in [-0.2, -0.15) is 0 Å². The molecular formula is C25H33N3O5S. The number of nitrogens with one attached hydrogen (secondary N) is 1. The van der Waals surface area contributed by atoms with Crippen LogP contribution < -0.4 is 5.32 Å². The maximum absolute atomic E-state index is 12.9. The van der Waals surface area contributed by atoms with Gasteiger partial charge in [-0.25, -0.2) is 9.78 Å². The van der Waals surface area contributed by atoms with Crippen molar-refractivity contribution in [1.82, 2.24) is 9.88 Å². The fourth-order valence-corrected chi connectivity index (χ4v) is 6.00. The molecule has 1 unspecified atom stereocenters. The predicted molar refractivity (Wildman–Crippen MR) is 131 cm³/mol. The van der Waals surface area contributed by atoms with Gasteiger partial charge in [0, 0.05) is 24.4 Å². The molecule has 3 heterocycles. The number of carbonyl (C=O) groups excluding carboxylic acids is 3. The molecule has 9 heteroatoms. The summed E-state index contributed by atoms with van der Waals surface area (Å²) < 4.78 is 10.2. The second-order valence-corrected chi connectivity index (χ2v) is 10.1. The van der Waals surface area contributed by atoms with Crippen molar-refractivity contribution in [3.05, 3.63) is 22.7 Å². The molecule has 1 aliphatic carbocycles. The average Bonchev–Trinajstić information content (AvgIpc) is 3.21. The minimum absolute atomic E-state index is 0.0205. The Labute approximate surface area is 204 Å². The number of methoxy groups -OCH3 is 1. The van der Waals surface area contributed by atoms with E-state index in [0.29, 0.717) is 35.1 Å². The number of rotatable bonds is 7. The van der Waals surface area contributed by atoms with Crippen LogP contribution in [-0.2, 0) is 25.6 Å². The SMILES string of the molecule is CCOC(=O)C1CCCN(Cc2ccc3c(NC(=O)C4CCCCC4)c(C(=O)OC)sc3n2)C1. The molecule has 4 rings (SSSR count).